The van der Waals surface area contributed by atoms with Crippen LogP contribution in [0.1, 0.15) is 18.4 Å². The lowest BCUT2D eigenvalue weighted by atomic mass is 10.1. The zero-order valence-corrected chi connectivity index (χ0v) is 11.5. The molecule has 1 aromatic rings. The normalized spacial score (nSPS) is 27.6. The Morgan fingerprint density at radius 3 is 2.21 bits per heavy atom. The first-order valence-electron chi connectivity index (χ1n) is 6.21. The molecule has 0 aliphatic heterocycles. The number of aliphatic hydroxyl groups excluding tert-OH is 2. The molecule has 2 N–H and O–H groups in total. The third-order valence-electron chi connectivity index (χ3n) is 3.36. The fourth-order valence-corrected chi connectivity index (χ4v) is 3.17. The minimum absolute atomic E-state index is 0.00959. The second kappa shape index (κ2) is 5.58. The van der Waals surface area contributed by atoms with E-state index in [4.69, 9.17) is 4.18 Å². The maximum Gasteiger partial charge on any atom is 0.296 e. The van der Waals surface area contributed by atoms with Crippen molar-refractivity contribution < 1.29 is 22.8 Å². The summed E-state index contributed by atoms with van der Waals surface area (Å²) < 4.78 is 28.8. The molecule has 0 aromatic heterocycles. The second-order valence-electron chi connectivity index (χ2n) is 5.02. The average Bonchev–Trinajstić information content (AvgIpc) is 2.67. The van der Waals surface area contributed by atoms with Crippen molar-refractivity contribution in [2.75, 3.05) is 6.61 Å². The van der Waals surface area contributed by atoms with E-state index >= 15 is 0 Å². The van der Waals surface area contributed by atoms with E-state index in [-0.39, 0.29) is 17.4 Å². The highest BCUT2D eigenvalue weighted by atomic mass is 32.2. The van der Waals surface area contributed by atoms with Crippen molar-refractivity contribution in [2.45, 2.75) is 36.9 Å². The highest BCUT2D eigenvalue weighted by Crippen LogP contribution is 2.27. The summed E-state index contributed by atoms with van der Waals surface area (Å²) in [5, 5.41) is 18.8. The minimum Gasteiger partial charge on any atom is -0.390 e. The van der Waals surface area contributed by atoms with Gasteiger partial charge in [-0.2, -0.15) is 8.42 Å². The number of aliphatic hydroxyl groups is 2. The van der Waals surface area contributed by atoms with E-state index in [1.165, 1.54) is 12.1 Å². The standard InChI is InChI=1S/C13H18O5S/c1-9-2-4-11(5-3-9)19(16,17)18-8-10-6-12(14)13(15)7-10/h2-5,10,12-15H,6-8H2,1H3. The van der Waals surface area contributed by atoms with Gasteiger partial charge in [-0.25, -0.2) is 0 Å². The number of hydrogen-bond donors (Lipinski definition) is 2. The molecule has 0 radical (unpaired) electrons. The molecule has 0 heterocycles. The van der Waals surface area contributed by atoms with Crippen LogP contribution in [-0.4, -0.2) is 37.4 Å². The molecule has 0 bridgehead atoms. The Bertz CT molecular complexity index is 512. The molecule has 5 nitrogen and oxygen atoms in total. The molecule has 1 saturated carbocycles. The van der Waals surface area contributed by atoms with Crippen molar-refractivity contribution in [3.8, 4) is 0 Å². The smallest absolute Gasteiger partial charge is 0.296 e. The maximum atomic E-state index is 11.9. The first kappa shape index (κ1) is 14.5. The Morgan fingerprint density at radius 1 is 1.16 bits per heavy atom. The number of aryl methyl sites for hydroxylation is 1. The van der Waals surface area contributed by atoms with Gasteiger partial charge in [0.1, 0.15) is 0 Å². The summed E-state index contributed by atoms with van der Waals surface area (Å²) in [5.41, 5.74) is 0.973. The maximum absolute atomic E-state index is 11.9. The average molecular weight is 286 g/mol. The Kier molecular flexibility index (Phi) is 4.25. The first-order chi connectivity index (χ1) is 8.88. The van der Waals surface area contributed by atoms with Gasteiger partial charge in [-0.3, -0.25) is 4.18 Å². The van der Waals surface area contributed by atoms with Crippen LogP contribution in [0.2, 0.25) is 0 Å². The van der Waals surface area contributed by atoms with Gasteiger partial charge in [-0.05, 0) is 37.8 Å². The quantitative estimate of drug-likeness (QED) is 0.801. The Morgan fingerprint density at radius 2 is 1.68 bits per heavy atom. The molecule has 2 unspecified atom stereocenters. The monoisotopic (exact) mass is 286 g/mol. The van der Waals surface area contributed by atoms with E-state index in [2.05, 4.69) is 0 Å². The van der Waals surface area contributed by atoms with Gasteiger partial charge >= 0.3 is 0 Å². The van der Waals surface area contributed by atoms with Gasteiger partial charge in [-0.15, -0.1) is 0 Å². The number of hydrogen-bond acceptors (Lipinski definition) is 5. The van der Waals surface area contributed by atoms with Gasteiger partial charge in [0.15, 0.2) is 0 Å². The predicted octanol–water partition coefficient (Wildman–Crippen LogP) is 0.832. The van der Waals surface area contributed by atoms with Gasteiger partial charge in [0, 0.05) is 0 Å². The fraction of sp³-hybridized carbons (Fsp3) is 0.538. The first-order valence-corrected chi connectivity index (χ1v) is 7.61. The van der Waals surface area contributed by atoms with E-state index in [0.29, 0.717) is 12.8 Å². The van der Waals surface area contributed by atoms with Crippen molar-refractivity contribution in [2.24, 2.45) is 5.92 Å². The van der Waals surface area contributed by atoms with Crippen LogP contribution in [0.5, 0.6) is 0 Å². The fourth-order valence-electron chi connectivity index (χ4n) is 2.19. The molecule has 1 fully saturated rings. The molecule has 0 amide bonds. The van der Waals surface area contributed by atoms with Crippen LogP contribution in [0, 0.1) is 12.8 Å². The molecule has 1 aliphatic carbocycles. The summed E-state index contributed by atoms with van der Waals surface area (Å²) >= 11 is 0. The number of benzene rings is 1. The highest BCUT2D eigenvalue weighted by Gasteiger charge is 2.32. The van der Waals surface area contributed by atoms with Crippen LogP contribution < -0.4 is 0 Å². The molecule has 0 saturated heterocycles. The molecule has 1 aliphatic rings. The lowest BCUT2D eigenvalue weighted by Crippen LogP contribution is -2.17. The van der Waals surface area contributed by atoms with Crippen molar-refractivity contribution in [1.82, 2.24) is 0 Å². The van der Waals surface area contributed by atoms with Crippen LogP contribution in [0.25, 0.3) is 0 Å². The largest absolute Gasteiger partial charge is 0.390 e. The number of rotatable bonds is 4. The third-order valence-corrected chi connectivity index (χ3v) is 4.66. The molecule has 2 atom stereocenters. The van der Waals surface area contributed by atoms with Gasteiger partial charge in [0.25, 0.3) is 10.1 Å². The van der Waals surface area contributed by atoms with Gasteiger partial charge < -0.3 is 10.2 Å². The molecule has 106 valence electrons. The molecular formula is C13H18O5S. The summed E-state index contributed by atoms with van der Waals surface area (Å²) in [7, 11) is -3.76. The summed E-state index contributed by atoms with van der Waals surface area (Å²) in [6, 6.07) is 6.42. The van der Waals surface area contributed by atoms with E-state index in [0.717, 1.165) is 5.56 Å². The SMILES string of the molecule is Cc1ccc(S(=O)(=O)OCC2CC(O)C(O)C2)cc1. The van der Waals surface area contributed by atoms with Crippen LogP contribution >= 0.6 is 0 Å². The van der Waals surface area contributed by atoms with Crippen molar-refractivity contribution in [3.05, 3.63) is 29.8 Å². The highest BCUT2D eigenvalue weighted by molar-refractivity contribution is 7.86. The molecular weight excluding hydrogens is 268 g/mol. The summed E-state index contributed by atoms with van der Waals surface area (Å²) in [6.07, 6.45) is -0.832. The lowest BCUT2D eigenvalue weighted by Gasteiger charge is -2.10. The zero-order chi connectivity index (χ0) is 14.0. The van der Waals surface area contributed by atoms with Crippen LogP contribution in [0.4, 0.5) is 0 Å². The summed E-state index contributed by atoms with van der Waals surface area (Å²) in [5.74, 6) is -0.134. The topological polar surface area (TPSA) is 83.8 Å². The van der Waals surface area contributed by atoms with E-state index in [1.807, 2.05) is 6.92 Å². The summed E-state index contributed by atoms with van der Waals surface area (Å²) in [6.45, 7) is 1.86. The van der Waals surface area contributed by atoms with Gasteiger partial charge in [-0.1, -0.05) is 17.7 Å². The van der Waals surface area contributed by atoms with Crippen molar-refractivity contribution in [3.63, 3.8) is 0 Å². The van der Waals surface area contributed by atoms with E-state index in [1.54, 1.807) is 12.1 Å². The molecule has 6 heteroatoms. The predicted molar refractivity (Wildman–Crippen MR) is 69.1 cm³/mol. The Balaban J connectivity index is 1.97. The Hall–Kier alpha value is -0.950. The van der Waals surface area contributed by atoms with E-state index in [9.17, 15) is 18.6 Å². The van der Waals surface area contributed by atoms with E-state index < -0.39 is 22.3 Å². The second-order valence-corrected chi connectivity index (χ2v) is 6.64. The van der Waals surface area contributed by atoms with Crippen molar-refractivity contribution in [1.29, 1.82) is 0 Å². The lowest BCUT2D eigenvalue weighted by molar-refractivity contribution is 0.0438. The molecule has 19 heavy (non-hydrogen) atoms. The van der Waals surface area contributed by atoms with Gasteiger partial charge in [0.05, 0.1) is 23.7 Å². The third kappa shape index (κ3) is 3.54. The van der Waals surface area contributed by atoms with Crippen LogP contribution in [0.3, 0.4) is 0 Å². The van der Waals surface area contributed by atoms with Crippen LogP contribution in [0.15, 0.2) is 29.2 Å². The summed E-state index contributed by atoms with van der Waals surface area (Å²) in [4.78, 5) is 0.122. The van der Waals surface area contributed by atoms with Crippen LogP contribution in [-0.2, 0) is 14.3 Å². The molecule has 0 spiro atoms. The molecule has 1 aromatic carbocycles. The minimum atomic E-state index is -3.76. The molecule has 2 rings (SSSR count). The van der Waals surface area contributed by atoms with Crippen molar-refractivity contribution >= 4 is 10.1 Å². The van der Waals surface area contributed by atoms with Gasteiger partial charge in [0.2, 0.25) is 0 Å². The Labute approximate surface area is 113 Å². The zero-order valence-electron chi connectivity index (χ0n) is 10.7.